The van der Waals surface area contributed by atoms with Crippen molar-refractivity contribution in [2.24, 2.45) is 11.8 Å². The number of halogens is 3. The summed E-state index contributed by atoms with van der Waals surface area (Å²) in [4.78, 5) is 62.3. The number of hydrogen-bond donors (Lipinski definition) is 3. The molecule has 3 N–H and O–H groups in total. The molecule has 37 heavy (non-hydrogen) atoms. The fourth-order valence-electron chi connectivity index (χ4n) is 4.50. The molecule has 3 rings (SSSR count). The quantitative estimate of drug-likeness (QED) is 0.385. The average molecular weight is 531 g/mol. The summed E-state index contributed by atoms with van der Waals surface area (Å²) < 4.78 is 36.7. The van der Waals surface area contributed by atoms with Crippen LogP contribution in [0.25, 0.3) is 0 Å². The number of hydrogen-bond acceptors (Lipinski definition) is 7. The fraction of sp³-hybridized carbons (Fsp3) is 0.522. The fourth-order valence-corrected chi connectivity index (χ4v) is 4.50. The van der Waals surface area contributed by atoms with Gasteiger partial charge in [0.25, 0.3) is 0 Å². The number of rotatable bonds is 5. The maximum atomic E-state index is 12.8. The van der Waals surface area contributed by atoms with Gasteiger partial charge in [0.2, 0.25) is 11.8 Å². The Labute approximate surface area is 210 Å². The number of carboxylic acid groups (broad SMARTS) is 1. The van der Waals surface area contributed by atoms with Crippen molar-refractivity contribution < 1.29 is 47.0 Å². The number of aryl methyl sites for hydroxylation is 1. The van der Waals surface area contributed by atoms with E-state index < -0.39 is 47.4 Å². The topological polar surface area (TPSA) is 145 Å². The molecule has 0 aromatic heterocycles. The summed E-state index contributed by atoms with van der Waals surface area (Å²) in [6, 6.07) is 6.47. The number of nitrogens with one attached hydrogen (secondary N) is 2. The van der Waals surface area contributed by atoms with Gasteiger partial charge in [-0.3, -0.25) is 24.6 Å². The molecular weight excluding hydrogens is 501 g/mol. The molecule has 0 spiro atoms. The Kier molecular flexibility index (Phi) is 8.91. The number of urea groups is 1. The zero-order valence-corrected chi connectivity index (χ0v) is 20.9. The molecule has 0 aliphatic carbocycles. The highest BCUT2D eigenvalue weighted by atomic mass is 19.4. The lowest BCUT2D eigenvalue weighted by atomic mass is 9.78. The zero-order valence-electron chi connectivity index (χ0n) is 20.9. The predicted molar refractivity (Wildman–Crippen MR) is 123 cm³/mol. The van der Waals surface area contributed by atoms with Crippen molar-refractivity contribution in [1.29, 1.82) is 0 Å². The summed E-state index contributed by atoms with van der Waals surface area (Å²) in [5, 5.41) is 13.1. The number of carbonyl (C=O) groups is 5. The number of imide groups is 1. The van der Waals surface area contributed by atoms with E-state index in [0.29, 0.717) is 5.69 Å². The van der Waals surface area contributed by atoms with Gasteiger partial charge in [-0.2, -0.15) is 13.2 Å². The number of carboxylic acids is 1. The average Bonchev–Trinajstić information content (AvgIpc) is 3.28. The van der Waals surface area contributed by atoms with Gasteiger partial charge in [0.1, 0.15) is 5.54 Å². The van der Waals surface area contributed by atoms with Crippen LogP contribution in [0.1, 0.15) is 18.9 Å². The number of benzene rings is 1. The second kappa shape index (κ2) is 11.2. The Hall–Kier alpha value is -3.68. The maximum absolute atomic E-state index is 12.8. The van der Waals surface area contributed by atoms with Crippen LogP contribution >= 0.6 is 0 Å². The van der Waals surface area contributed by atoms with Crippen LogP contribution in [0.4, 0.5) is 23.7 Å². The molecule has 0 radical (unpaired) electrons. The molecule has 0 bridgehead atoms. The first-order chi connectivity index (χ1) is 17.1. The van der Waals surface area contributed by atoms with Gasteiger partial charge in [-0.05, 0) is 25.5 Å². The van der Waals surface area contributed by atoms with E-state index in [0.717, 1.165) is 10.5 Å². The van der Waals surface area contributed by atoms with Crippen LogP contribution in [0.5, 0.6) is 0 Å². The Morgan fingerprint density at radius 3 is 2.19 bits per heavy atom. The van der Waals surface area contributed by atoms with Crippen molar-refractivity contribution in [2.45, 2.75) is 38.0 Å². The molecule has 1 aromatic carbocycles. The summed E-state index contributed by atoms with van der Waals surface area (Å²) >= 11 is 0. The number of likely N-dealkylation sites (tertiary alicyclic amines) is 1. The van der Waals surface area contributed by atoms with E-state index in [1.165, 1.54) is 19.1 Å². The number of likely N-dealkylation sites (N-methyl/N-ethyl adjacent to an activating group) is 1. The third-order valence-electron chi connectivity index (χ3n) is 6.45. The van der Waals surface area contributed by atoms with Crippen LogP contribution in [-0.4, -0.2) is 90.2 Å². The summed E-state index contributed by atoms with van der Waals surface area (Å²) in [6.45, 7) is 3.87. The van der Waals surface area contributed by atoms with Gasteiger partial charge >= 0.3 is 24.1 Å². The van der Waals surface area contributed by atoms with Crippen LogP contribution in [0, 0.1) is 18.8 Å². The molecule has 2 heterocycles. The number of ether oxygens (including phenoxy) is 1. The Morgan fingerprint density at radius 2 is 1.73 bits per heavy atom. The molecule has 4 atom stereocenters. The molecule has 2 saturated heterocycles. The third-order valence-corrected chi connectivity index (χ3v) is 6.45. The number of anilines is 1. The molecule has 2 fully saturated rings. The lowest BCUT2D eigenvalue weighted by molar-refractivity contribution is -0.192. The molecule has 2 aliphatic heterocycles. The summed E-state index contributed by atoms with van der Waals surface area (Å²) in [7, 11) is 4.29. The third kappa shape index (κ3) is 6.01. The number of amides is 4. The Balaban J connectivity index is 0.000000604. The SMILES string of the molecule is CC[C@@]1(C(=O)OC)N[C@H](CN(C)C(=O)Nc2ccc(C)cc2)[C@@H]2C(=O)N(C)C(=O)[C@@H]21.O=C(O)C(F)(F)F. The van der Waals surface area contributed by atoms with Crippen molar-refractivity contribution >= 4 is 35.5 Å². The first-order valence-corrected chi connectivity index (χ1v) is 11.2. The van der Waals surface area contributed by atoms with Crippen molar-refractivity contribution in [3.8, 4) is 0 Å². The van der Waals surface area contributed by atoms with Gasteiger partial charge in [-0.1, -0.05) is 24.6 Å². The molecule has 1 aromatic rings. The van der Waals surface area contributed by atoms with Crippen LogP contribution in [0.3, 0.4) is 0 Å². The molecule has 0 unspecified atom stereocenters. The molecule has 2 aliphatic rings. The molecule has 14 heteroatoms. The highest BCUT2D eigenvalue weighted by Gasteiger charge is 2.67. The second-order valence-electron chi connectivity index (χ2n) is 8.79. The van der Waals surface area contributed by atoms with Crippen molar-refractivity contribution in [1.82, 2.24) is 15.1 Å². The number of fused-ring (bicyclic) bond motifs is 1. The van der Waals surface area contributed by atoms with Crippen LogP contribution in [-0.2, 0) is 23.9 Å². The molecule has 11 nitrogen and oxygen atoms in total. The number of esters is 1. The number of methoxy groups -OCH3 is 1. The Bertz CT molecular complexity index is 1060. The van der Waals surface area contributed by atoms with Gasteiger partial charge in [0.15, 0.2) is 0 Å². The number of alkyl halides is 3. The van der Waals surface area contributed by atoms with E-state index in [-0.39, 0.29) is 24.9 Å². The molecule has 4 amide bonds. The van der Waals surface area contributed by atoms with Crippen molar-refractivity contribution in [2.75, 3.05) is 33.1 Å². The minimum atomic E-state index is -5.08. The van der Waals surface area contributed by atoms with Gasteiger partial charge in [-0.25, -0.2) is 9.59 Å². The predicted octanol–water partition coefficient (Wildman–Crippen LogP) is 1.62. The first-order valence-electron chi connectivity index (χ1n) is 11.2. The van der Waals surface area contributed by atoms with Gasteiger partial charge < -0.3 is 20.1 Å². The first kappa shape index (κ1) is 29.5. The minimum absolute atomic E-state index is 0.143. The van der Waals surface area contributed by atoms with Gasteiger partial charge in [0, 0.05) is 32.4 Å². The van der Waals surface area contributed by atoms with Gasteiger partial charge in [0.05, 0.1) is 18.9 Å². The molecule has 0 saturated carbocycles. The smallest absolute Gasteiger partial charge is 0.475 e. The largest absolute Gasteiger partial charge is 0.490 e. The standard InChI is InChI=1S/C21H28N4O5.C2HF3O2/c1-6-21(19(28)30-5)16-15(17(26)25(4)18(16)27)14(23-21)11-24(3)20(29)22-13-9-7-12(2)8-10-13;3-2(4,5)1(6)7/h7-10,14-16,23H,6,11H2,1-5H3,(H,22,29);(H,6,7)/t14-,15+,16-,21-;/m1./s1. The van der Waals surface area contributed by atoms with E-state index >= 15 is 0 Å². The number of nitrogens with zero attached hydrogens (tertiary/aromatic N) is 2. The van der Waals surface area contributed by atoms with Crippen LogP contribution in [0.2, 0.25) is 0 Å². The maximum Gasteiger partial charge on any atom is 0.490 e. The van der Waals surface area contributed by atoms with E-state index in [1.807, 2.05) is 19.1 Å². The monoisotopic (exact) mass is 530 g/mol. The summed E-state index contributed by atoms with van der Waals surface area (Å²) in [5.74, 6) is -5.69. The zero-order chi connectivity index (χ0) is 28.3. The van der Waals surface area contributed by atoms with Crippen molar-refractivity contribution in [3.63, 3.8) is 0 Å². The van der Waals surface area contributed by atoms with Crippen LogP contribution < -0.4 is 10.6 Å². The normalized spacial score (nSPS) is 24.6. The van der Waals surface area contributed by atoms with E-state index in [1.54, 1.807) is 26.1 Å². The number of aliphatic carboxylic acids is 1. The minimum Gasteiger partial charge on any atom is -0.475 e. The Morgan fingerprint density at radius 1 is 1.19 bits per heavy atom. The molecule has 204 valence electrons. The van der Waals surface area contributed by atoms with Crippen molar-refractivity contribution in [3.05, 3.63) is 29.8 Å². The number of carbonyl (C=O) groups excluding carboxylic acids is 4. The summed E-state index contributed by atoms with van der Waals surface area (Å²) in [5.41, 5.74) is 0.435. The van der Waals surface area contributed by atoms with E-state index in [9.17, 15) is 32.3 Å². The molecular formula is C23H29F3N4O7. The second-order valence-corrected chi connectivity index (χ2v) is 8.79. The highest BCUT2D eigenvalue weighted by molar-refractivity contribution is 6.09. The highest BCUT2D eigenvalue weighted by Crippen LogP contribution is 2.44. The van der Waals surface area contributed by atoms with E-state index in [4.69, 9.17) is 14.6 Å². The summed E-state index contributed by atoms with van der Waals surface area (Å²) in [6.07, 6.45) is -4.80. The lowest BCUT2D eigenvalue weighted by Crippen LogP contribution is -2.58. The van der Waals surface area contributed by atoms with Crippen LogP contribution in [0.15, 0.2) is 24.3 Å². The lowest BCUT2D eigenvalue weighted by Gasteiger charge is -2.31. The van der Waals surface area contributed by atoms with Gasteiger partial charge in [-0.15, -0.1) is 0 Å². The van der Waals surface area contributed by atoms with E-state index in [2.05, 4.69) is 10.6 Å².